The molecule has 1 heterocycles. The van der Waals surface area contributed by atoms with E-state index in [-0.39, 0.29) is 29.6 Å². The standard InChI is InChI=1S/C30H23IN2O6S/c1-3-38-30(36)25-26(34)24(40-29(25)33-28(35)19-9-5-4-6-10-19)15-18-13-22(31)27(23(14-18)37-2)39-17-21-12-8-7-11-20(21)16-32/h4-15,34H,3,17H2,1-2H3/b24-15-,33-29?. The van der Waals surface area contributed by atoms with Crippen molar-refractivity contribution in [3.63, 3.8) is 0 Å². The molecule has 0 saturated heterocycles. The van der Waals surface area contributed by atoms with Crippen LogP contribution in [-0.2, 0) is 16.1 Å². The summed E-state index contributed by atoms with van der Waals surface area (Å²) in [6.07, 6.45) is 1.66. The molecule has 8 nitrogen and oxygen atoms in total. The molecular weight excluding hydrogens is 643 g/mol. The van der Waals surface area contributed by atoms with E-state index in [0.29, 0.717) is 33.1 Å². The van der Waals surface area contributed by atoms with Crippen molar-refractivity contribution < 1.29 is 28.9 Å². The molecule has 40 heavy (non-hydrogen) atoms. The zero-order valence-corrected chi connectivity index (χ0v) is 24.5. The summed E-state index contributed by atoms with van der Waals surface area (Å²) in [6, 6.07) is 21.3. The van der Waals surface area contributed by atoms with Crippen LogP contribution < -0.4 is 9.47 Å². The minimum absolute atomic E-state index is 0.0498. The third kappa shape index (κ3) is 6.55. The maximum atomic E-state index is 12.7. The van der Waals surface area contributed by atoms with E-state index in [4.69, 9.17) is 14.2 Å². The SMILES string of the molecule is CCOC(=O)C1=C(O)/C(=C/c2cc(I)c(OCc3ccccc3C#N)c(OC)c2)SC1=NC(=O)c1ccccc1. The molecule has 0 bridgehead atoms. The number of nitrogens with zero attached hydrogens (tertiary/aromatic N) is 2. The molecule has 0 fully saturated rings. The Morgan fingerprint density at radius 1 is 1.12 bits per heavy atom. The molecule has 1 aliphatic heterocycles. The van der Waals surface area contributed by atoms with Gasteiger partial charge in [-0.25, -0.2) is 9.79 Å². The van der Waals surface area contributed by atoms with Gasteiger partial charge in [-0.15, -0.1) is 0 Å². The lowest BCUT2D eigenvalue weighted by Gasteiger charge is -2.14. The highest BCUT2D eigenvalue weighted by Gasteiger charge is 2.34. The highest BCUT2D eigenvalue weighted by molar-refractivity contribution is 14.1. The van der Waals surface area contributed by atoms with Crippen LogP contribution >= 0.6 is 34.4 Å². The van der Waals surface area contributed by atoms with Gasteiger partial charge >= 0.3 is 5.97 Å². The fourth-order valence-corrected chi connectivity index (χ4v) is 5.54. The van der Waals surface area contributed by atoms with E-state index in [1.165, 1.54) is 7.11 Å². The summed E-state index contributed by atoms with van der Waals surface area (Å²) in [4.78, 5) is 29.9. The Balaban J connectivity index is 1.66. The second kappa shape index (κ2) is 13.3. The monoisotopic (exact) mass is 666 g/mol. The zero-order chi connectivity index (χ0) is 28.6. The molecule has 0 aliphatic carbocycles. The summed E-state index contributed by atoms with van der Waals surface area (Å²) < 4.78 is 17.4. The van der Waals surface area contributed by atoms with Crippen LogP contribution in [0.2, 0.25) is 0 Å². The predicted octanol–water partition coefficient (Wildman–Crippen LogP) is 6.45. The van der Waals surface area contributed by atoms with E-state index in [0.717, 1.165) is 20.9 Å². The summed E-state index contributed by atoms with van der Waals surface area (Å²) in [5.74, 6) is -0.706. The van der Waals surface area contributed by atoms with Gasteiger partial charge in [-0.05, 0) is 71.5 Å². The van der Waals surface area contributed by atoms with Gasteiger partial charge in [-0.2, -0.15) is 5.26 Å². The second-order valence-corrected chi connectivity index (χ2v) is 10.4. The Labute approximate surface area is 249 Å². The Bertz CT molecular complexity index is 1590. The van der Waals surface area contributed by atoms with Crippen LogP contribution in [0.4, 0.5) is 0 Å². The van der Waals surface area contributed by atoms with Crippen molar-refractivity contribution in [2.45, 2.75) is 13.5 Å². The van der Waals surface area contributed by atoms with Gasteiger partial charge in [0.15, 0.2) is 11.5 Å². The van der Waals surface area contributed by atoms with E-state index in [1.54, 1.807) is 61.5 Å². The maximum Gasteiger partial charge on any atom is 0.344 e. The molecule has 0 radical (unpaired) electrons. The topological polar surface area (TPSA) is 118 Å². The van der Waals surface area contributed by atoms with E-state index in [2.05, 4.69) is 33.7 Å². The largest absolute Gasteiger partial charge is 0.506 e. The predicted molar refractivity (Wildman–Crippen MR) is 161 cm³/mol. The molecule has 1 aliphatic rings. The number of carbonyl (C=O) groups is 2. The molecule has 4 rings (SSSR count). The van der Waals surface area contributed by atoms with Crippen LogP contribution in [0.5, 0.6) is 11.5 Å². The molecule has 1 amide bonds. The highest BCUT2D eigenvalue weighted by Crippen LogP contribution is 2.41. The lowest BCUT2D eigenvalue weighted by atomic mass is 10.1. The number of methoxy groups -OCH3 is 1. The molecule has 3 aromatic carbocycles. The summed E-state index contributed by atoms with van der Waals surface area (Å²) in [5.41, 5.74) is 2.11. The second-order valence-electron chi connectivity index (χ2n) is 8.23. The zero-order valence-electron chi connectivity index (χ0n) is 21.5. The van der Waals surface area contributed by atoms with Gasteiger partial charge in [0.2, 0.25) is 0 Å². The van der Waals surface area contributed by atoms with Crippen molar-refractivity contribution in [3.8, 4) is 17.6 Å². The number of esters is 1. The fourth-order valence-electron chi connectivity index (χ4n) is 3.75. The molecule has 0 aromatic heterocycles. The summed E-state index contributed by atoms with van der Waals surface area (Å²) in [6.45, 7) is 1.92. The van der Waals surface area contributed by atoms with Crippen LogP contribution in [0.1, 0.15) is 34.0 Å². The number of benzene rings is 3. The van der Waals surface area contributed by atoms with Gasteiger partial charge in [0.1, 0.15) is 23.0 Å². The van der Waals surface area contributed by atoms with Crippen molar-refractivity contribution in [2.24, 2.45) is 4.99 Å². The lowest BCUT2D eigenvalue weighted by molar-refractivity contribution is -0.138. The van der Waals surface area contributed by atoms with E-state index in [1.807, 2.05) is 18.2 Å². The third-order valence-corrected chi connectivity index (χ3v) is 7.47. The first kappa shape index (κ1) is 28.9. The maximum absolute atomic E-state index is 12.7. The average Bonchev–Trinajstić information content (AvgIpc) is 3.26. The van der Waals surface area contributed by atoms with Crippen LogP contribution in [0.25, 0.3) is 6.08 Å². The van der Waals surface area contributed by atoms with Gasteiger partial charge < -0.3 is 19.3 Å². The number of thioether (sulfide) groups is 1. The van der Waals surface area contributed by atoms with Crippen LogP contribution in [0.15, 0.2) is 88.0 Å². The number of aliphatic imine (C=N–C) groups is 1. The number of amides is 1. The van der Waals surface area contributed by atoms with E-state index in [9.17, 15) is 20.0 Å². The number of aliphatic hydroxyl groups is 1. The minimum atomic E-state index is -0.774. The minimum Gasteiger partial charge on any atom is -0.506 e. The number of carbonyl (C=O) groups excluding carboxylic acids is 2. The quantitative estimate of drug-likeness (QED) is 0.215. The normalized spacial score (nSPS) is 14.8. The molecule has 0 atom stereocenters. The van der Waals surface area contributed by atoms with Crippen LogP contribution in [-0.4, -0.2) is 35.7 Å². The number of rotatable bonds is 8. The van der Waals surface area contributed by atoms with Crippen molar-refractivity contribution >= 4 is 57.3 Å². The third-order valence-electron chi connectivity index (χ3n) is 5.65. The Morgan fingerprint density at radius 2 is 1.85 bits per heavy atom. The molecular formula is C30H23IN2O6S. The highest BCUT2D eigenvalue weighted by atomic mass is 127. The van der Waals surface area contributed by atoms with Crippen molar-refractivity contribution in [1.82, 2.24) is 0 Å². The number of halogens is 1. The number of aliphatic hydroxyl groups excluding tert-OH is 1. The Morgan fingerprint density at radius 3 is 2.55 bits per heavy atom. The Hall–Kier alpha value is -4.08. The van der Waals surface area contributed by atoms with Crippen LogP contribution in [0.3, 0.4) is 0 Å². The summed E-state index contributed by atoms with van der Waals surface area (Å²) >= 11 is 3.11. The molecule has 0 saturated carbocycles. The van der Waals surface area contributed by atoms with Gasteiger partial charge in [-0.1, -0.05) is 48.2 Å². The molecule has 0 unspecified atom stereocenters. The van der Waals surface area contributed by atoms with Crippen LogP contribution in [0, 0.1) is 14.9 Å². The Kier molecular flexibility index (Phi) is 9.63. The first-order chi connectivity index (χ1) is 19.4. The van der Waals surface area contributed by atoms with Crippen molar-refractivity contribution in [1.29, 1.82) is 5.26 Å². The summed E-state index contributed by atoms with van der Waals surface area (Å²) in [7, 11) is 1.51. The molecule has 202 valence electrons. The number of ether oxygens (including phenoxy) is 3. The molecule has 1 N–H and O–H groups in total. The van der Waals surface area contributed by atoms with Gasteiger partial charge in [0.05, 0.1) is 33.8 Å². The van der Waals surface area contributed by atoms with Crippen molar-refractivity contribution in [3.05, 3.63) is 109 Å². The van der Waals surface area contributed by atoms with Gasteiger partial charge in [0.25, 0.3) is 5.91 Å². The van der Waals surface area contributed by atoms with E-state index >= 15 is 0 Å². The van der Waals surface area contributed by atoms with Gasteiger partial charge in [-0.3, -0.25) is 4.79 Å². The number of hydrogen-bond acceptors (Lipinski definition) is 8. The first-order valence-corrected chi connectivity index (χ1v) is 13.9. The number of nitriles is 1. The average molecular weight is 666 g/mol. The van der Waals surface area contributed by atoms with Crippen molar-refractivity contribution in [2.75, 3.05) is 13.7 Å². The molecule has 3 aromatic rings. The van der Waals surface area contributed by atoms with Gasteiger partial charge in [0, 0.05) is 11.1 Å². The number of hydrogen-bond donors (Lipinski definition) is 1. The first-order valence-electron chi connectivity index (χ1n) is 12.0. The molecule has 10 heteroatoms. The summed E-state index contributed by atoms with van der Waals surface area (Å²) in [5, 5.41) is 20.4. The molecule has 0 spiro atoms. The lowest BCUT2D eigenvalue weighted by Crippen LogP contribution is -2.14. The fraction of sp³-hybridized carbons (Fsp3) is 0.133. The smallest absolute Gasteiger partial charge is 0.344 e. The van der Waals surface area contributed by atoms with E-state index < -0.39 is 11.9 Å².